The average molecular weight is 553 g/mol. The highest BCUT2D eigenvalue weighted by Crippen LogP contribution is 2.34. The van der Waals surface area contributed by atoms with Crippen LogP contribution in [0.4, 0.5) is 19.0 Å². The number of hydrogen-bond donors (Lipinski definition) is 2. The monoisotopic (exact) mass is 552 g/mol. The predicted molar refractivity (Wildman–Crippen MR) is 133 cm³/mol. The minimum atomic E-state index is -4.84. The zero-order valence-electron chi connectivity index (χ0n) is 19.8. The topological polar surface area (TPSA) is 113 Å². The molecule has 196 valence electrons. The molecule has 1 saturated heterocycles. The largest absolute Gasteiger partial charge is 0.573 e. The standard InChI is InChI=1S/C23H23F3N6O3S2/c1-13-20(36-14(2)29-13)19-11-18-21(30-19)27-12-28-22(18)32-9-7-15(8-10-32)31-37(33,34)17-5-3-16(4-6-17)35-23(24,25)26/h3-6,11-12,15,31H,7-10H2,1-2H3,(H,27,28,30). The highest BCUT2D eigenvalue weighted by molar-refractivity contribution is 7.89. The molecule has 0 atom stereocenters. The number of halogens is 3. The molecule has 1 aliphatic heterocycles. The fourth-order valence-electron chi connectivity index (χ4n) is 4.40. The van der Waals surface area contributed by atoms with Crippen molar-refractivity contribution in [1.29, 1.82) is 0 Å². The summed E-state index contributed by atoms with van der Waals surface area (Å²) in [6.45, 7) is 5.06. The van der Waals surface area contributed by atoms with E-state index in [4.69, 9.17) is 0 Å². The average Bonchev–Trinajstić information content (AvgIpc) is 3.40. The van der Waals surface area contributed by atoms with Crippen LogP contribution in [0.5, 0.6) is 5.75 Å². The number of alkyl halides is 3. The van der Waals surface area contributed by atoms with E-state index in [2.05, 4.69) is 34.3 Å². The molecule has 2 N–H and O–H groups in total. The molecule has 1 aromatic carbocycles. The zero-order chi connectivity index (χ0) is 26.4. The molecule has 9 nitrogen and oxygen atoms in total. The lowest BCUT2D eigenvalue weighted by Gasteiger charge is -2.33. The Kier molecular flexibility index (Phi) is 6.58. The lowest BCUT2D eigenvalue weighted by Crippen LogP contribution is -2.44. The van der Waals surface area contributed by atoms with E-state index in [1.807, 2.05) is 19.9 Å². The third-order valence-electron chi connectivity index (χ3n) is 6.04. The Labute approximate surface area is 214 Å². The van der Waals surface area contributed by atoms with Gasteiger partial charge in [0, 0.05) is 19.1 Å². The molecular weight excluding hydrogens is 529 g/mol. The van der Waals surface area contributed by atoms with Crippen LogP contribution in [0.25, 0.3) is 21.6 Å². The SMILES string of the molecule is Cc1nc(C)c(-c2cc3c(N4CCC(NS(=O)(=O)c5ccc(OC(F)(F)F)cc5)CC4)ncnc3[nH]2)s1. The molecule has 0 saturated carbocycles. The van der Waals surface area contributed by atoms with Gasteiger partial charge in [0.1, 0.15) is 23.5 Å². The Bertz CT molecular complexity index is 1530. The fraction of sp³-hybridized carbons (Fsp3) is 0.348. The summed E-state index contributed by atoms with van der Waals surface area (Å²) in [5.74, 6) is 0.289. The van der Waals surface area contributed by atoms with E-state index in [-0.39, 0.29) is 10.9 Å². The number of piperidine rings is 1. The van der Waals surface area contributed by atoms with Crippen molar-refractivity contribution in [3.8, 4) is 16.3 Å². The molecule has 1 fully saturated rings. The first-order valence-corrected chi connectivity index (χ1v) is 13.7. The van der Waals surface area contributed by atoms with Gasteiger partial charge in [-0.15, -0.1) is 24.5 Å². The van der Waals surface area contributed by atoms with Crippen molar-refractivity contribution in [3.05, 3.63) is 47.4 Å². The summed E-state index contributed by atoms with van der Waals surface area (Å²) in [6.07, 6.45) is -2.28. The van der Waals surface area contributed by atoms with Crippen molar-refractivity contribution in [3.63, 3.8) is 0 Å². The van der Waals surface area contributed by atoms with Crippen LogP contribution in [0.1, 0.15) is 23.5 Å². The van der Waals surface area contributed by atoms with Crippen LogP contribution in [-0.4, -0.2) is 53.8 Å². The van der Waals surface area contributed by atoms with E-state index in [0.29, 0.717) is 31.6 Å². The fourth-order valence-corrected chi connectivity index (χ4v) is 6.60. The smallest absolute Gasteiger partial charge is 0.406 e. The van der Waals surface area contributed by atoms with Crippen molar-refractivity contribution in [2.75, 3.05) is 18.0 Å². The van der Waals surface area contributed by atoms with E-state index >= 15 is 0 Å². The first-order valence-electron chi connectivity index (χ1n) is 11.4. The van der Waals surface area contributed by atoms with Crippen molar-refractivity contribution in [2.24, 2.45) is 0 Å². The minimum Gasteiger partial charge on any atom is -0.406 e. The van der Waals surface area contributed by atoms with Crippen molar-refractivity contribution in [2.45, 2.75) is 44.0 Å². The van der Waals surface area contributed by atoms with Crippen LogP contribution in [0.2, 0.25) is 0 Å². The molecule has 5 rings (SSSR count). The summed E-state index contributed by atoms with van der Waals surface area (Å²) in [7, 11) is -3.91. The van der Waals surface area contributed by atoms with E-state index in [9.17, 15) is 21.6 Å². The Hall–Kier alpha value is -3.23. The van der Waals surface area contributed by atoms with Gasteiger partial charge in [0.2, 0.25) is 10.0 Å². The predicted octanol–water partition coefficient (Wildman–Crippen LogP) is 4.54. The lowest BCUT2D eigenvalue weighted by atomic mass is 10.1. The molecular formula is C23H23F3N6O3S2. The van der Waals surface area contributed by atoms with E-state index in [0.717, 1.165) is 56.7 Å². The molecule has 0 radical (unpaired) electrons. The summed E-state index contributed by atoms with van der Waals surface area (Å²) < 4.78 is 69.1. The Balaban J connectivity index is 1.26. The second kappa shape index (κ2) is 9.58. The summed E-state index contributed by atoms with van der Waals surface area (Å²) in [5, 5.41) is 1.86. The number of H-pyrrole nitrogens is 1. The second-order valence-corrected chi connectivity index (χ2v) is 11.6. The van der Waals surface area contributed by atoms with E-state index in [1.54, 1.807) is 11.3 Å². The van der Waals surface area contributed by atoms with Gasteiger partial charge in [-0.3, -0.25) is 0 Å². The number of ether oxygens (including phenoxy) is 1. The van der Waals surface area contributed by atoms with Gasteiger partial charge >= 0.3 is 6.36 Å². The number of rotatable bonds is 6. The molecule has 0 unspecified atom stereocenters. The van der Waals surface area contributed by atoms with Crippen LogP contribution >= 0.6 is 11.3 Å². The van der Waals surface area contributed by atoms with Crippen molar-refractivity contribution >= 4 is 38.2 Å². The molecule has 3 aromatic heterocycles. The van der Waals surface area contributed by atoms with Crippen LogP contribution in [0, 0.1) is 13.8 Å². The minimum absolute atomic E-state index is 0.129. The van der Waals surface area contributed by atoms with Gasteiger partial charge in [-0.1, -0.05) is 0 Å². The number of fused-ring (bicyclic) bond motifs is 1. The summed E-state index contributed by atoms with van der Waals surface area (Å²) >= 11 is 1.60. The second-order valence-electron chi connectivity index (χ2n) is 8.69. The van der Waals surface area contributed by atoms with Crippen LogP contribution in [0.3, 0.4) is 0 Å². The van der Waals surface area contributed by atoms with Crippen molar-refractivity contribution < 1.29 is 26.3 Å². The summed E-state index contributed by atoms with van der Waals surface area (Å²) in [5.41, 5.74) is 2.58. The number of sulfonamides is 1. The zero-order valence-corrected chi connectivity index (χ0v) is 21.5. The normalized spacial score (nSPS) is 15.4. The molecule has 0 amide bonds. The molecule has 37 heavy (non-hydrogen) atoms. The van der Waals surface area contributed by atoms with E-state index in [1.165, 1.54) is 6.33 Å². The highest BCUT2D eigenvalue weighted by atomic mass is 32.2. The molecule has 0 bridgehead atoms. The number of benzene rings is 1. The number of hydrogen-bond acceptors (Lipinski definition) is 8. The van der Waals surface area contributed by atoms with Crippen LogP contribution in [0.15, 0.2) is 41.6 Å². The quantitative estimate of drug-likeness (QED) is 0.361. The van der Waals surface area contributed by atoms with Crippen molar-refractivity contribution in [1.82, 2.24) is 24.7 Å². The maximum Gasteiger partial charge on any atom is 0.573 e. The number of aromatic nitrogens is 4. The molecule has 0 spiro atoms. The third kappa shape index (κ3) is 5.55. The number of aryl methyl sites for hydroxylation is 2. The number of anilines is 1. The number of aromatic amines is 1. The molecule has 0 aliphatic carbocycles. The van der Waals surface area contributed by atoms with Gasteiger partial charge in [0.25, 0.3) is 0 Å². The summed E-state index contributed by atoms with van der Waals surface area (Å²) in [6, 6.07) is 5.83. The first kappa shape index (κ1) is 25.4. The maximum atomic E-state index is 12.8. The highest BCUT2D eigenvalue weighted by Gasteiger charge is 2.31. The first-order chi connectivity index (χ1) is 17.5. The van der Waals surface area contributed by atoms with Crippen LogP contribution in [-0.2, 0) is 10.0 Å². The number of nitrogens with one attached hydrogen (secondary N) is 2. The van der Waals surface area contributed by atoms with Crippen LogP contribution < -0.4 is 14.4 Å². The van der Waals surface area contributed by atoms with Gasteiger partial charge < -0.3 is 14.6 Å². The maximum absolute atomic E-state index is 12.8. The van der Waals surface area contributed by atoms with E-state index < -0.39 is 22.1 Å². The van der Waals surface area contributed by atoms with Gasteiger partial charge in [-0.2, -0.15) is 0 Å². The molecule has 4 heterocycles. The summed E-state index contributed by atoms with van der Waals surface area (Å²) in [4.78, 5) is 19.7. The third-order valence-corrected chi connectivity index (χ3v) is 8.68. The van der Waals surface area contributed by atoms with Gasteiger partial charge in [0.05, 0.1) is 31.6 Å². The molecule has 14 heteroatoms. The lowest BCUT2D eigenvalue weighted by molar-refractivity contribution is -0.274. The Morgan fingerprint density at radius 2 is 1.84 bits per heavy atom. The van der Waals surface area contributed by atoms with Gasteiger partial charge in [0.15, 0.2) is 0 Å². The molecule has 4 aromatic rings. The number of nitrogens with zero attached hydrogens (tertiary/aromatic N) is 4. The number of thiazole rings is 1. The van der Waals surface area contributed by atoms with Gasteiger partial charge in [-0.05, 0) is 57.0 Å². The molecule has 1 aliphatic rings. The Morgan fingerprint density at radius 3 is 2.46 bits per heavy atom. The Morgan fingerprint density at radius 1 is 1.14 bits per heavy atom. The van der Waals surface area contributed by atoms with Gasteiger partial charge in [-0.25, -0.2) is 28.1 Å².